The van der Waals surface area contributed by atoms with Gasteiger partial charge in [0.2, 0.25) is 0 Å². The van der Waals surface area contributed by atoms with Crippen LogP contribution >= 0.6 is 0 Å². The Bertz CT molecular complexity index is 1940. The van der Waals surface area contributed by atoms with Crippen molar-refractivity contribution in [1.29, 1.82) is 0 Å². The molecule has 1 N–H and O–H groups in total. The molecule has 0 aliphatic rings. The number of ether oxygens (including phenoxy) is 2. The summed E-state index contributed by atoms with van der Waals surface area (Å²) in [5, 5.41) is 11.0. The molecule has 5 aromatic rings. The van der Waals surface area contributed by atoms with E-state index in [1.807, 2.05) is 48.5 Å². The van der Waals surface area contributed by atoms with Crippen LogP contribution in [-0.2, 0) is 26.3 Å². The lowest BCUT2D eigenvalue weighted by Gasteiger charge is -2.26. The van der Waals surface area contributed by atoms with Crippen molar-refractivity contribution in [2.75, 3.05) is 6.26 Å². The summed E-state index contributed by atoms with van der Waals surface area (Å²) >= 11 is -2.35. The lowest BCUT2D eigenvalue weighted by Crippen LogP contribution is -2.18. The summed E-state index contributed by atoms with van der Waals surface area (Å²) in [4.78, 5) is 4.25. The highest BCUT2D eigenvalue weighted by molar-refractivity contribution is 7.90. The van der Waals surface area contributed by atoms with Gasteiger partial charge in [-0.25, -0.2) is 8.42 Å². The van der Waals surface area contributed by atoms with Crippen molar-refractivity contribution in [3.8, 4) is 23.0 Å². The highest BCUT2D eigenvalue weighted by atomic mass is 32.2. The molecule has 2 unspecified atom stereocenters. The van der Waals surface area contributed by atoms with E-state index in [2.05, 4.69) is 18.8 Å². The molecule has 0 saturated carbocycles. The second-order valence-electron chi connectivity index (χ2n) is 11.2. The molecule has 2 atom stereocenters. The molecule has 4 aromatic carbocycles. The van der Waals surface area contributed by atoms with Gasteiger partial charge in [0.1, 0.15) is 29.1 Å². The summed E-state index contributed by atoms with van der Waals surface area (Å²) in [7, 11) is -3.62. The third-order valence-corrected chi connectivity index (χ3v) is 9.61. The van der Waals surface area contributed by atoms with Crippen molar-refractivity contribution in [1.82, 2.24) is 4.98 Å². The minimum atomic E-state index is -3.62. The van der Waals surface area contributed by atoms with Crippen molar-refractivity contribution in [3.05, 3.63) is 137 Å². The second-order valence-corrected chi connectivity index (χ2v) is 14.1. The van der Waals surface area contributed by atoms with Crippen LogP contribution in [0, 0.1) is 6.92 Å². The number of hydrogen-bond acceptors (Lipinski definition) is 8. The molecule has 0 fully saturated rings. The number of aliphatic hydroxyl groups excluding tert-OH is 1. The van der Waals surface area contributed by atoms with Crippen LogP contribution in [0.3, 0.4) is 0 Å². The van der Waals surface area contributed by atoms with Gasteiger partial charge in [-0.15, -0.1) is 0 Å². The SMILES string of the molecule is Cc1ccc(Oc2ccc(C(C)(C)c3ccc(Oc4ccc(S(C)(=O)=O)c(C(O)c5cccnc5)c4)cc3)cc2)cc1S(=O)[O-]. The third-order valence-electron chi connectivity index (χ3n) is 7.64. The number of pyridine rings is 1. The average Bonchev–Trinajstić information content (AvgIpc) is 3.02. The Morgan fingerprint density at radius 2 is 1.36 bits per heavy atom. The van der Waals surface area contributed by atoms with Gasteiger partial charge in [0.05, 0.1) is 4.90 Å². The summed E-state index contributed by atoms with van der Waals surface area (Å²) in [5.41, 5.74) is 3.02. The molecule has 8 nitrogen and oxygen atoms in total. The normalized spacial score (nSPS) is 13.2. The average molecular weight is 643 g/mol. The maximum Gasteiger partial charge on any atom is 0.175 e. The number of rotatable bonds is 10. The van der Waals surface area contributed by atoms with Gasteiger partial charge in [0.25, 0.3) is 0 Å². The Morgan fingerprint density at radius 1 is 0.822 bits per heavy atom. The number of aliphatic hydroxyl groups is 1. The standard InChI is InChI=1S/C35H33NO7S2/c1-23-7-12-30(21-32(23)44(38)39)43-28-15-10-26(11-16-28)35(2,3)25-8-13-27(14-9-25)42-29-17-18-33(45(4,40)41)31(20-29)34(37)24-6-5-19-36-22-24/h5-22,34,37H,1-4H3,(H,38,39)/p-1. The van der Waals surface area contributed by atoms with Gasteiger partial charge in [0, 0.05) is 40.1 Å². The second kappa shape index (κ2) is 12.9. The summed E-state index contributed by atoms with van der Waals surface area (Å²) < 4.78 is 59.8. The molecule has 1 heterocycles. The Balaban J connectivity index is 1.33. The van der Waals surface area contributed by atoms with E-state index < -0.39 is 27.0 Å². The molecule has 0 spiro atoms. The van der Waals surface area contributed by atoms with Crippen LogP contribution in [0.15, 0.2) is 119 Å². The number of nitrogens with zero attached hydrogens (tertiary/aromatic N) is 1. The zero-order valence-corrected chi connectivity index (χ0v) is 26.8. The van der Waals surface area contributed by atoms with Crippen LogP contribution in [0.5, 0.6) is 23.0 Å². The summed E-state index contributed by atoms with van der Waals surface area (Å²) in [6.45, 7) is 5.93. The van der Waals surface area contributed by atoms with Crippen molar-refractivity contribution in [2.24, 2.45) is 0 Å². The van der Waals surface area contributed by atoms with Gasteiger partial charge in [0.15, 0.2) is 9.84 Å². The number of hydrogen-bond donors (Lipinski definition) is 1. The highest BCUT2D eigenvalue weighted by Crippen LogP contribution is 2.36. The van der Waals surface area contributed by atoms with Crippen molar-refractivity contribution < 1.29 is 31.8 Å². The summed E-state index contributed by atoms with van der Waals surface area (Å²) in [6.07, 6.45) is 2.96. The Labute approximate surface area is 265 Å². The van der Waals surface area contributed by atoms with Crippen LogP contribution in [0.25, 0.3) is 0 Å². The monoisotopic (exact) mass is 642 g/mol. The topological polar surface area (TPSA) is 126 Å². The van der Waals surface area contributed by atoms with E-state index in [1.54, 1.807) is 43.5 Å². The molecule has 0 bridgehead atoms. The maximum absolute atomic E-state index is 12.5. The first-order chi connectivity index (χ1) is 21.3. The Kier molecular flexibility index (Phi) is 9.22. The van der Waals surface area contributed by atoms with Gasteiger partial charge < -0.3 is 19.1 Å². The van der Waals surface area contributed by atoms with Crippen LogP contribution in [0.2, 0.25) is 0 Å². The number of benzene rings is 4. The Hall–Kier alpha value is -4.35. The minimum Gasteiger partial charge on any atom is -0.768 e. The van der Waals surface area contributed by atoms with Crippen LogP contribution in [0.4, 0.5) is 0 Å². The first kappa shape index (κ1) is 32.1. The lowest BCUT2D eigenvalue weighted by molar-refractivity contribution is 0.216. The third kappa shape index (κ3) is 7.32. The molecule has 0 aliphatic heterocycles. The lowest BCUT2D eigenvalue weighted by atomic mass is 9.78. The first-order valence-corrected chi connectivity index (χ1v) is 17.0. The summed E-state index contributed by atoms with van der Waals surface area (Å²) in [5.74, 6) is 1.94. The smallest absolute Gasteiger partial charge is 0.175 e. The fourth-order valence-corrected chi connectivity index (χ4v) is 6.46. The molecular formula is C35H32NO7S2-. The fraction of sp³-hybridized carbons (Fsp3) is 0.171. The minimum absolute atomic E-state index is 0.0159. The van der Waals surface area contributed by atoms with E-state index >= 15 is 0 Å². The quantitative estimate of drug-likeness (QED) is 0.161. The van der Waals surface area contributed by atoms with Crippen LogP contribution < -0.4 is 9.47 Å². The van der Waals surface area contributed by atoms with Crippen molar-refractivity contribution in [2.45, 2.75) is 42.1 Å². The summed E-state index contributed by atoms with van der Waals surface area (Å²) in [6, 6.07) is 28.1. The Morgan fingerprint density at radius 3 is 1.87 bits per heavy atom. The molecule has 45 heavy (non-hydrogen) atoms. The molecule has 0 aliphatic carbocycles. The predicted molar refractivity (Wildman–Crippen MR) is 171 cm³/mol. The molecule has 0 radical (unpaired) electrons. The van der Waals surface area contributed by atoms with Gasteiger partial charge in [-0.3, -0.25) is 9.19 Å². The van der Waals surface area contributed by atoms with Gasteiger partial charge in [-0.2, -0.15) is 0 Å². The zero-order chi connectivity index (χ0) is 32.4. The molecule has 232 valence electrons. The molecule has 0 amide bonds. The van der Waals surface area contributed by atoms with E-state index in [4.69, 9.17) is 9.47 Å². The van der Waals surface area contributed by atoms with Gasteiger partial charge >= 0.3 is 0 Å². The van der Waals surface area contributed by atoms with Gasteiger partial charge in [-0.05, 0) is 95.4 Å². The van der Waals surface area contributed by atoms with E-state index in [0.29, 0.717) is 34.1 Å². The number of sulfone groups is 1. The van der Waals surface area contributed by atoms with E-state index in [9.17, 15) is 22.3 Å². The highest BCUT2D eigenvalue weighted by Gasteiger charge is 2.24. The molecular weight excluding hydrogens is 611 g/mol. The van der Waals surface area contributed by atoms with E-state index in [-0.39, 0.29) is 20.8 Å². The molecule has 5 rings (SSSR count). The fourth-order valence-electron chi connectivity index (χ4n) is 5.00. The predicted octanol–water partition coefficient (Wildman–Crippen LogP) is 7.02. The maximum atomic E-state index is 12.5. The number of aryl methyl sites for hydroxylation is 1. The molecule has 1 aromatic heterocycles. The number of aromatic nitrogens is 1. The first-order valence-electron chi connectivity index (χ1n) is 14.0. The van der Waals surface area contributed by atoms with E-state index in [1.165, 1.54) is 24.4 Å². The molecule has 0 saturated heterocycles. The van der Waals surface area contributed by atoms with Crippen molar-refractivity contribution >= 4 is 20.9 Å². The van der Waals surface area contributed by atoms with Crippen LogP contribution in [0.1, 0.15) is 47.8 Å². The zero-order valence-electron chi connectivity index (χ0n) is 25.1. The van der Waals surface area contributed by atoms with Crippen molar-refractivity contribution in [3.63, 3.8) is 0 Å². The molecule has 10 heteroatoms. The largest absolute Gasteiger partial charge is 0.768 e. The van der Waals surface area contributed by atoms with E-state index in [0.717, 1.165) is 17.4 Å². The van der Waals surface area contributed by atoms with Gasteiger partial charge in [-0.1, -0.05) is 50.2 Å². The van der Waals surface area contributed by atoms with Crippen LogP contribution in [-0.4, -0.2) is 33.5 Å².